The second kappa shape index (κ2) is 9.45. The predicted molar refractivity (Wildman–Crippen MR) is 96.9 cm³/mol. The molecule has 0 radical (unpaired) electrons. The van der Waals surface area contributed by atoms with Crippen LogP contribution in [0.3, 0.4) is 0 Å². The molecule has 0 unspecified atom stereocenters. The van der Waals surface area contributed by atoms with Crippen molar-refractivity contribution in [3.05, 3.63) is 64.7 Å². The number of benzene rings is 2. The highest BCUT2D eigenvalue weighted by Gasteiger charge is 2.08. The molecule has 0 aliphatic carbocycles. The number of nitrogens with zero attached hydrogens (tertiary/aromatic N) is 1. The Labute approximate surface area is 151 Å². The molecule has 0 spiro atoms. The van der Waals surface area contributed by atoms with Gasteiger partial charge in [-0.1, -0.05) is 48.0 Å². The molecule has 0 bridgehead atoms. The molecule has 0 saturated carbocycles. The fourth-order valence-electron chi connectivity index (χ4n) is 2.29. The van der Waals surface area contributed by atoms with Gasteiger partial charge in [-0.05, 0) is 29.7 Å². The molecule has 2 amide bonds. The first-order valence-corrected chi connectivity index (χ1v) is 8.22. The zero-order valence-electron chi connectivity index (χ0n) is 13.6. The standard InChI is InChI=1S/C19H18ClN3O2/c20-16-7-3-1-5-14(16)9-10-18(24)22-13-15-6-2-4-8-17(15)23-19(25)11-12-21/h1-8H,9-11,13H2,(H,22,24)(H,23,25). The Balaban J connectivity index is 1.88. The molecular weight excluding hydrogens is 338 g/mol. The lowest BCUT2D eigenvalue weighted by Crippen LogP contribution is -2.24. The third kappa shape index (κ3) is 5.94. The number of nitriles is 1. The Morgan fingerprint density at radius 3 is 2.40 bits per heavy atom. The van der Waals surface area contributed by atoms with E-state index in [0.717, 1.165) is 11.1 Å². The molecule has 6 heteroatoms. The molecule has 2 N–H and O–H groups in total. The van der Waals surface area contributed by atoms with E-state index in [1.54, 1.807) is 24.3 Å². The van der Waals surface area contributed by atoms with Crippen molar-refractivity contribution in [3.8, 4) is 6.07 Å². The van der Waals surface area contributed by atoms with Crippen LogP contribution in [0.5, 0.6) is 0 Å². The van der Waals surface area contributed by atoms with E-state index in [0.29, 0.717) is 30.1 Å². The molecule has 5 nitrogen and oxygen atoms in total. The van der Waals surface area contributed by atoms with Crippen LogP contribution in [0.4, 0.5) is 5.69 Å². The van der Waals surface area contributed by atoms with Gasteiger partial charge in [0.25, 0.3) is 0 Å². The van der Waals surface area contributed by atoms with Crippen molar-refractivity contribution in [1.82, 2.24) is 5.32 Å². The lowest BCUT2D eigenvalue weighted by Gasteiger charge is -2.11. The number of hydrogen-bond acceptors (Lipinski definition) is 3. The van der Waals surface area contributed by atoms with E-state index < -0.39 is 0 Å². The molecule has 0 saturated heterocycles. The highest BCUT2D eigenvalue weighted by molar-refractivity contribution is 6.31. The summed E-state index contributed by atoms with van der Waals surface area (Å²) < 4.78 is 0. The van der Waals surface area contributed by atoms with Gasteiger partial charge in [0.1, 0.15) is 6.42 Å². The van der Waals surface area contributed by atoms with Crippen molar-refractivity contribution in [2.24, 2.45) is 0 Å². The maximum absolute atomic E-state index is 12.1. The van der Waals surface area contributed by atoms with E-state index in [-0.39, 0.29) is 18.2 Å². The Bertz CT molecular complexity index is 799. The van der Waals surface area contributed by atoms with Gasteiger partial charge >= 0.3 is 0 Å². The minimum Gasteiger partial charge on any atom is -0.352 e. The van der Waals surface area contributed by atoms with Crippen LogP contribution < -0.4 is 10.6 Å². The van der Waals surface area contributed by atoms with E-state index >= 15 is 0 Å². The molecular formula is C19H18ClN3O2. The van der Waals surface area contributed by atoms with E-state index in [2.05, 4.69) is 10.6 Å². The minimum atomic E-state index is -0.375. The van der Waals surface area contributed by atoms with Crippen LogP contribution >= 0.6 is 11.6 Å². The van der Waals surface area contributed by atoms with Crippen LogP contribution in [0, 0.1) is 11.3 Å². The summed E-state index contributed by atoms with van der Waals surface area (Å²) in [6, 6.07) is 16.4. The maximum Gasteiger partial charge on any atom is 0.238 e. The fraction of sp³-hybridized carbons (Fsp3) is 0.211. The molecule has 0 aromatic heterocycles. The number of hydrogen-bond donors (Lipinski definition) is 2. The zero-order valence-corrected chi connectivity index (χ0v) is 14.3. The summed E-state index contributed by atoms with van der Waals surface area (Å²) in [5, 5.41) is 14.7. The molecule has 25 heavy (non-hydrogen) atoms. The van der Waals surface area contributed by atoms with Gasteiger partial charge < -0.3 is 10.6 Å². The topological polar surface area (TPSA) is 82.0 Å². The van der Waals surface area contributed by atoms with Crippen molar-refractivity contribution < 1.29 is 9.59 Å². The summed E-state index contributed by atoms with van der Waals surface area (Å²) in [6.07, 6.45) is 0.678. The summed E-state index contributed by atoms with van der Waals surface area (Å²) in [7, 11) is 0. The molecule has 2 rings (SSSR count). The van der Waals surface area contributed by atoms with Crippen LogP contribution in [-0.4, -0.2) is 11.8 Å². The van der Waals surface area contributed by atoms with Gasteiger partial charge in [-0.15, -0.1) is 0 Å². The first-order valence-electron chi connectivity index (χ1n) is 7.85. The second-order valence-corrected chi connectivity index (χ2v) is 5.82. The zero-order chi connectivity index (χ0) is 18.1. The highest BCUT2D eigenvalue weighted by Crippen LogP contribution is 2.17. The summed E-state index contributed by atoms with van der Waals surface area (Å²) in [4.78, 5) is 23.6. The predicted octanol–water partition coefficient (Wildman–Crippen LogP) is 3.44. The third-order valence-corrected chi connectivity index (χ3v) is 3.96. The largest absolute Gasteiger partial charge is 0.352 e. The van der Waals surface area contributed by atoms with Crippen molar-refractivity contribution >= 4 is 29.1 Å². The lowest BCUT2D eigenvalue weighted by molar-refractivity contribution is -0.121. The number of nitrogens with one attached hydrogen (secondary N) is 2. The smallest absolute Gasteiger partial charge is 0.238 e. The fourth-order valence-corrected chi connectivity index (χ4v) is 2.52. The number of para-hydroxylation sites is 1. The van der Waals surface area contributed by atoms with Crippen LogP contribution in [-0.2, 0) is 22.6 Å². The third-order valence-electron chi connectivity index (χ3n) is 3.59. The van der Waals surface area contributed by atoms with Crippen LogP contribution in [0.1, 0.15) is 24.0 Å². The summed E-state index contributed by atoms with van der Waals surface area (Å²) >= 11 is 6.08. The van der Waals surface area contributed by atoms with E-state index in [1.807, 2.05) is 30.3 Å². The molecule has 128 valence electrons. The summed E-state index contributed by atoms with van der Waals surface area (Å²) in [6.45, 7) is 0.296. The SMILES string of the molecule is N#CCC(=O)Nc1ccccc1CNC(=O)CCc1ccccc1Cl. The molecule has 0 aliphatic heterocycles. The van der Waals surface area contributed by atoms with Gasteiger partial charge in [0.05, 0.1) is 6.07 Å². The highest BCUT2D eigenvalue weighted by atomic mass is 35.5. The average molecular weight is 356 g/mol. The first kappa shape index (κ1) is 18.5. The number of anilines is 1. The number of halogens is 1. The van der Waals surface area contributed by atoms with E-state index in [9.17, 15) is 9.59 Å². The molecule has 0 atom stereocenters. The van der Waals surface area contributed by atoms with Crippen molar-refractivity contribution in [3.63, 3.8) is 0 Å². The number of aryl methyl sites for hydroxylation is 1. The van der Waals surface area contributed by atoms with E-state index in [4.69, 9.17) is 16.9 Å². The van der Waals surface area contributed by atoms with Gasteiger partial charge in [0, 0.05) is 23.7 Å². The van der Waals surface area contributed by atoms with Crippen LogP contribution in [0.25, 0.3) is 0 Å². The van der Waals surface area contributed by atoms with Crippen molar-refractivity contribution in [2.45, 2.75) is 25.8 Å². The van der Waals surface area contributed by atoms with Gasteiger partial charge in [0.15, 0.2) is 0 Å². The Morgan fingerprint density at radius 2 is 1.68 bits per heavy atom. The quantitative estimate of drug-likeness (QED) is 0.798. The number of carbonyl (C=O) groups excluding carboxylic acids is 2. The molecule has 0 aliphatic rings. The summed E-state index contributed by atoms with van der Waals surface area (Å²) in [5.41, 5.74) is 2.30. The van der Waals surface area contributed by atoms with Gasteiger partial charge in [-0.2, -0.15) is 5.26 Å². The number of carbonyl (C=O) groups is 2. The first-order chi connectivity index (χ1) is 12.1. The average Bonchev–Trinajstić information content (AvgIpc) is 2.60. The van der Waals surface area contributed by atoms with Crippen LogP contribution in [0.2, 0.25) is 5.02 Å². The summed E-state index contributed by atoms with van der Waals surface area (Å²) in [5.74, 6) is -0.474. The number of rotatable bonds is 7. The minimum absolute atomic E-state index is 0.0990. The second-order valence-electron chi connectivity index (χ2n) is 5.41. The van der Waals surface area contributed by atoms with Crippen molar-refractivity contribution in [1.29, 1.82) is 5.26 Å². The van der Waals surface area contributed by atoms with Gasteiger partial charge in [-0.3, -0.25) is 9.59 Å². The Morgan fingerprint density at radius 1 is 1.00 bits per heavy atom. The molecule has 0 fully saturated rings. The number of amides is 2. The monoisotopic (exact) mass is 355 g/mol. The van der Waals surface area contributed by atoms with Gasteiger partial charge in [-0.25, -0.2) is 0 Å². The molecule has 2 aromatic carbocycles. The van der Waals surface area contributed by atoms with E-state index in [1.165, 1.54) is 0 Å². The Kier molecular flexibility index (Phi) is 7.00. The van der Waals surface area contributed by atoms with Crippen molar-refractivity contribution in [2.75, 3.05) is 5.32 Å². The molecule has 2 aromatic rings. The normalized spacial score (nSPS) is 9.92. The maximum atomic E-state index is 12.1. The lowest BCUT2D eigenvalue weighted by atomic mass is 10.1. The Hall–Kier alpha value is -2.84. The van der Waals surface area contributed by atoms with Gasteiger partial charge in [0.2, 0.25) is 11.8 Å². The molecule has 0 heterocycles. The van der Waals surface area contributed by atoms with Crippen LogP contribution in [0.15, 0.2) is 48.5 Å².